The normalized spacial score (nSPS) is 10.2. The van der Waals surface area contributed by atoms with E-state index in [4.69, 9.17) is 4.74 Å². The second-order valence-corrected chi connectivity index (χ2v) is 4.23. The Morgan fingerprint density at radius 3 is 2.62 bits per heavy atom. The van der Waals surface area contributed by atoms with Crippen molar-refractivity contribution in [2.24, 2.45) is 0 Å². The maximum atomic E-state index is 13.5. The monoisotopic (exact) mass is 300 g/mol. The first-order chi connectivity index (χ1) is 9.97. The molecule has 8 heteroatoms. The van der Waals surface area contributed by atoms with E-state index in [1.165, 1.54) is 26.4 Å². The van der Waals surface area contributed by atoms with Crippen LogP contribution in [0.15, 0.2) is 18.2 Å². The van der Waals surface area contributed by atoms with Crippen molar-refractivity contribution >= 4 is 17.3 Å². The van der Waals surface area contributed by atoms with Crippen LogP contribution in [0, 0.1) is 15.9 Å². The van der Waals surface area contributed by atoms with E-state index in [0.717, 1.165) is 6.07 Å². The summed E-state index contributed by atoms with van der Waals surface area (Å²) in [6.45, 7) is 0.955. The van der Waals surface area contributed by atoms with E-state index in [-0.39, 0.29) is 18.7 Å². The minimum atomic E-state index is -0.709. The zero-order valence-corrected chi connectivity index (χ0v) is 11.9. The second-order valence-electron chi connectivity index (χ2n) is 4.23. The first-order valence-corrected chi connectivity index (χ1v) is 6.23. The number of hydrogen-bond donors (Lipinski definition) is 0. The fourth-order valence-corrected chi connectivity index (χ4v) is 1.75. The van der Waals surface area contributed by atoms with E-state index in [1.807, 2.05) is 0 Å². The SMILES string of the molecule is COCCN(CCC(=O)OC)c1cc(F)cc([N+](=O)[O-])c1. The highest BCUT2D eigenvalue weighted by atomic mass is 19.1. The summed E-state index contributed by atoms with van der Waals surface area (Å²) in [5.74, 6) is -1.12. The summed E-state index contributed by atoms with van der Waals surface area (Å²) in [6, 6.07) is 3.29. The predicted octanol–water partition coefficient (Wildman–Crippen LogP) is 1.75. The molecule has 0 bridgehead atoms. The zero-order chi connectivity index (χ0) is 15.8. The fourth-order valence-electron chi connectivity index (χ4n) is 1.75. The average Bonchev–Trinajstić information content (AvgIpc) is 2.46. The molecule has 0 heterocycles. The third-order valence-corrected chi connectivity index (χ3v) is 2.82. The lowest BCUT2D eigenvalue weighted by Gasteiger charge is -2.24. The number of carbonyl (C=O) groups is 1. The minimum Gasteiger partial charge on any atom is -0.469 e. The molecule has 0 unspecified atom stereocenters. The van der Waals surface area contributed by atoms with E-state index >= 15 is 0 Å². The van der Waals surface area contributed by atoms with E-state index in [9.17, 15) is 19.3 Å². The first-order valence-electron chi connectivity index (χ1n) is 6.23. The van der Waals surface area contributed by atoms with E-state index in [0.29, 0.717) is 18.8 Å². The van der Waals surface area contributed by atoms with Gasteiger partial charge in [-0.2, -0.15) is 0 Å². The van der Waals surface area contributed by atoms with Crippen molar-refractivity contribution in [2.45, 2.75) is 6.42 Å². The molecule has 0 aliphatic heterocycles. The smallest absolute Gasteiger partial charge is 0.307 e. The highest BCUT2D eigenvalue weighted by Crippen LogP contribution is 2.23. The van der Waals surface area contributed by atoms with Crippen LogP contribution in [0.25, 0.3) is 0 Å². The number of halogens is 1. The minimum absolute atomic E-state index is 0.0878. The van der Waals surface area contributed by atoms with Gasteiger partial charge in [0.15, 0.2) is 0 Å². The molecular weight excluding hydrogens is 283 g/mol. The number of ether oxygens (including phenoxy) is 2. The van der Waals surface area contributed by atoms with Crippen LogP contribution in [0.5, 0.6) is 0 Å². The van der Waals surface area contributed by atoms with Crippen molar-refractivity contribution in [2.75, 3.05) is 38.8 Å². The molecule has 7 nitrogen and oxygen atoms in total. The Bertz CT molecular complexity index is 509. The third kappa shape index (κ3) is 5.35. The molecule has 1 rings (SSSR count). The Labute approximate surface area is 121 Å². The summed E-state index contributed by atoms with van der Waals surface area (Å²) in [7, 11) is 2.78. The summed E-state index contributed by atoms with van der Waals surface area (Å²) in [5, 5.41) is 10.8. The maximum Gasteiger partial charge on any atom is 0.307 e. The van der Waals surface area contributed by atoms with Gasteiger partial charge < -0.3 is 14.4 Å². The lowest BCUT2D eigenvalue weighted by atomic mass is 10.2. The van der Waals surface area contributed by atoms with Crippen LogP contribution in [-0.4, -0.2) is 44.8 Å². The molecule has 0 N–H and O–H groups in total. The number of nitro benzene ring substituents is 1. The van der Waals surface area contributed by atoms with Gasteiger partial charge in [0, 0.05) is 32.0 Å². The number of esters is 1. The zero-order valence-electron chi connectivity index (χ0n) is 11.9. The van der Waals surface area contributed by atoms with Crippen LogP contribution in [0.2, 0.25) is 0 Å². The quantitative estimate of drug-likeness (QED) is 0.413. The number of hydrogen-bond acceptors (Lipinski definition) is 6. The molecule has 0 fully saturated rings. The molecule has 0 atom stereocenters. The largest absolute Gasteiger partial charge is 0.469 e. The summed E-state index contributed by atoms with van der Waals surface area (Å²) < 4.78 is 23.0. The van der Waals surface area contributed by atoms with Crippen molar-refractivity contribution in [3.63, 3.8) is 0 Å². The molecule has 0 saturated heterocycles. The van der Waals surface area contributed by atoms with Gasteiger partial charge in [-0.3, -0.25) is 14.9 Å². The van der Waals surface area contributed by atoms with Crippen LogP contribution in [-0.2, 0) is 14.3 Å². The number of nitrogens with zero attached hydrogens (tertiary/aromatic N) is 2. The number of carbonyl (C=O) groups excluding carboxylic acids is 1. The fraction of sp³-hybridized carbons (Fsp3) is 0.462. The van der Waals surface area contributed by atoms with Gasteiger partial charge in [-0.05, 0) is 6.07 Å². The number of non-ortho nitro benzene ring substituents is 1. The van der Waals surface area contributed by atoms with Crippen LogP contribution in [0.1, 0.15) is 6.42 Å². The molecule has 0 aromatic heterocycles. The van der Waals surface area contributed by atoms with E-state index in [2.05, 4.69) is 4.74 Å². The van der Waals surface area contributed by atoms with Gasteiger partial charge in [-0.15, -0.1) is 0 Å². The third-order valence-electron chi connectivity index (χ3n) is 2.82. The Morgan fingerprint density at radius 1 is 1.33 bits per heavy atom. The van der Waals surface area contributed by atoms with Crippen molar-refractivity contribution in [1.82, 2.24) is 0 Å². The Kier molecular flexibility index (Phi) is 6.54. The number of rotatable bonds is 8. The predicted molar refractivity (Wildman–Crippen MR) is 73.8 cm³/mol. The van der Waals surface area contributed by atoms with Crippen LogP contribution in [0.3, 0.4) is 0 Å². The van der Waals surface area contributed by atoms with Gasteiger partial charge in [-0.1, -0.05) is 0 Å². The molecule has 116 valence electrons. The van der Waals surface area contributed by atoms with Gasteiger partial charge in [0.25, 0.3) is 5.69 Å². The van der Waals surface area contributed by atoms with Crippen molar-refractivity contribution in [1.29, 1.82) is 0 Å². The number of anilines is 1. The van der Waals surface area contributed by atoms with E-state index < -0.39 is 16.7 Å². The first kappa shape index (κ1) is 16.8. The lowest BCUT2D eigenvalue weighted by Crippen LogP contribution is -2.30. The second kappa shape index (κ2) is 8.15. The molecule has 21 heavy (non-hydrogen) atoms. The van der Waals surface area contributed by atoms with Gasteiger partial charge >= 0.3 is 5.97 Å². The Morgan fingerprint density at radius 2 is 2.05 bits per heavy atom. The molecule has 0 aliphatic carbocycles. The van der Waals surface area contributed by atoms with Gasteiger partial charge in [0.05, 0.1) is 31.1 Å². The molecule has 1 aromatic rings. The standard InChI is InChI=1S/C13H17FN2O5/c1-20-6-5-15(4-3-13(17)21-2)11-7-10(14)8-12(9-11)16(18)19/h7-9H,3-6H2,1-2H3. The summed E-state index contributed by atoms with van der Waals surface area (Å²) >= 11 is 0. The van der Waals surface area contributed by atoms with Gasteiger partial charge in [-0.25, -0.2) is 4.39 Å². The Balaban J connectivity index is 2.95. The number of benzene rings is 1. The maximum absolute atomic E-state index is 13.5. The number of methoxy groups -OCH3 is 2. The van der Waals surface area contributed by atoms with Crippen LogP contribution >= 0.6 is 0 Å². The topological polar surface area (TPSA) is 81.9 Å². The number of nitro groups is 1. The molecule has 0 radical (unpaired) electrons. The van der Waals surface area contributed by atoms with Crippen molar-refractivity contribution in [3.8, 4) is 0 Å². The summed E-state index contributed by atoms with van der Waals surface area (Å²) in [6.07, 6.45) is 0.0878. The molecule has 0 aliphatic rings. The van der Waals surface area contributed by atoms with Crippen LogP contribution in [0.4, 0.5) is 15.8 Å². The Hall–Kier alpha value is -2.22. The lowest BCUT2D eigenvalue weighted by molar-refractivity contribution is -0.385. The highest BCUT2D eigenvalue weighted by molar-refractivity contribution is 5.70. The van der Waals surface area contributed by atoms with Gasteiger partial charge in [0.1, 0.15) is 5.82 Å². The molecule has 0 spiro atoms. The molecule has 0 saturated carbocycles. The van der Waals surface area contributed by atoms with Crippen LogP contribution < -0.4 is 4.90 Å². The average molecular weight is 300 g/mol. The van der Waals surface area contributed by atoms with Crippen molar-refractivity contribution in [3.05, 3.63) is 34.1 Å². The summed E-state index contributed by atoms with van der Waals surface area (Å²) in [5.41, 5.74) is -0.0202. The summed E-state index contributed by atoms with van der Waals surface area (Å²) in [4.78, 5) is 22.9. The van der Waals surface area contributed by atoms with Crippen molar-refractivity contribution < 1.29 is 23.6 Å². The highest BCUT2D eigenvalue weighted by Gasteiger charge is 2.15. The molecule has 1 aromatic carbocycles. The molecule has 0 amide bonds. The van der Waals surface area contributed by atoms with E-state index in [1.54, 1.807) is 4.90 Å². The molecular formula is C13H17FN2O5. The van der Waals surface area contributed by atoms with Gasteiger partial charge in [0.2, 0.25) is 0 Å².